The number of amidine groups is 1. The van der Waals surface area contributed by atoms with Crippen molar-refractivity contribution in [3.05, 3.63) is 21.9 Å². The molecular weight excluding hydrogens is 495 g/mol. The fourth-order valence-electron chi connectivity index (χ4n) is 4.30. The van der Waals surface area contributed by atoms with Crippen LogP contribution in [0.15, 0.2) is 15.5 Å². The van der Waals surface area contributed by atoms with Gasteiger partial charge in [0, 0.05) is 12.6 Å². The number of carbonyl (C=O) groups excluding carboxylic acids is 1. The zero-order valence-corrected chi connectivity index (χ0v) is 19.8. The van der Waals surface area contributed by atoms with Gasteiger partial charge in [0.25, 0.3) is 0 Å². The molecule has 3 heterocycles. The van der Waals surface area contributed by atoms with Gasteiger partial charge in [0.15, 0.2) is 17.3 Å². The fourth-order valence-corrected chi connectivity index (χ4v) is 4.90. The Labute approximate surface area is 193 Å². The summed E-state index contributed by atoms with van der Waals surface area (Å²) < 4.78 is 26.3. The van der Waals surface area contributed by atoms with Crippen molar-refractivity contribution in [1.29, 1.82) is 0 Å². The Hall–Kier alpha value is -1.62. The number of nitrogens with zero attached hydrogens (tertiary/aromatic N) is 2. The summed E-state index contributed by atoms with van der Waals surface area (Å²) in [5.41, 5.74) is -0.378. The number of anilines is 1. The van der Waals surface area contributed by atoms with Gasteiger partial charge in [-0.15, -0.1) is 0 Å². The summed E-state index contributed by atoms with van der Waals surface area (Å²) in [6.45, 7) is 6.39. The van der Waals surface area contributed by atoms with Crippen molar-refractivity contribution in [2.45, 2.75) is 63.6 Å². The molecule has 1 unspecified atom stereocenters. The summed E-state index contributed by atoms with van der Waals surface area (Å²) >= 11 is 9.02. The highest BCUT2D eigenvalue weighted by Gasteiger charge is 2.46. The molecule has 4 atom stereocenters. The van der Waals surface area contributed by atoms with Gasteiger partial charge in [-0.1, -0.05) is 0 Å². The van der Waals surface area contributed by atoms with Crippen LogP contribution in [0.25, 0.3) is 0 Å². The van der Waals surface area contributed by atoms with Crippen molar-refractivity contribution in [3.8, 4) is 5.75 Å². The molecule has 3 N–H and O–H groups in total. The molecule has 170 valence electrons. The van der Waals surface area contributed by atoms with Crippen LogP contribution >= 0.6 is 27.5 Å². The number of piperazine rings is 1. The Kier molecular flexibility index (Phi) is 6.10. The van der Waals surface area contributed by atoms with Crippen molar-refractivity contribution in [3.63, 3.8) is 0 Å². The number of halogens is 3. The third kappa shape index (κ3) is 4.48. The molecule has 11 heteroatoms. The average Bonchev–Trinajstić information content (AvgIpc) is 2.98. The molecule has 0 aromatic heterocycles. The minimum atomic E-state index is -1.35. The molecule has 1 amide bonds. The Morgan fingerprint density at radius 3 is 2.90 bits per heavy atom. The van der Waals surface area contributed by atoms with Crippen molar-refractivity contribution < 1.29 is 23.8 Å². The van der Waals surface area contributed by atoms with E-state index in [4.69, 9.17) is 21.1 Å². The maximum absolute atomic E-state index is 14.5. The van der Waals surface area contributed by atoms with Gasteiger partial charge < -0.3 is 25.2 Å². The number of aliphatic hydroxyl groups excluding tert-OH is 1. The molecule has 2 fully saturated rings. The largest absolute Gasteiger partial charge is 0.491 e. The second-order valence-corrected chi connectivity index (χ2v) is 10.1. The van der Waals surface area contributed by atoms with Gasteiger partial charge in [-0.25, -0.2) is 14.2 Å². The lowest BCUT2D eigenvalue weighted by atomic mass is 10.1. The highest BCUT2D eigenvalue weighted by Crippen LogP contribution is 2.42. The molecule has 0 aliphatic carbocycles. The van der Waals surface area contributed by atoms with E-state index >= 15 is 0 Å². The first kappa shape index (κ1) is 22.6. The number of rotatable bonds is 3. The van der Waals surface area contributed by atoms with E-state index in [1.54, 1.807) is 0 Å². The Morgan fingerprint density at radius 2 is 2.19 bits per heavy atom. The third-order valence-corrected chi connectivity index (χ3v) is 6.36. The molecule has 2 saturated heterocycles. The molecule has 3 aliphatic heterocycles. The van der Waals surface area contributed by atoms with Gasteiger partial charge in [-0.2, -0.15) is 0 Å². The van der Waals surface area contributed by atoms with Crippen molar-refractivity contribution in [2.24, 2.45) is 4.99 Å². The lowest BCUT2D eigenvalue weighted by Crippen LogP contribution is -2.61. The van der Waals surface area contributed by atoms with E-state index in [0.29, 0.717) is 6.54 Å². The smallest absolute Gasteiger partial charge is 0.410 e. The summed E-state index contributed by atoms with van der Waals surface area (Å²) in [6, 6.07) is 1.32. The van der Waals surface area contributed by atoms with E-state index in [0.717, 1.165) is 12.8 Å². The quantitative estimate of drug-likeness (QED) is 0.527. The predicted molar refractivity (Wildman–Crippen MR) is 118 cm³/mol. The topological polar surface area (TPSA) is 95.4 Å². The van der Waals surface area contributed by atoms with Gasteiger partial charge in [-0.3, -0.25) is 4.90 Å². The standard InChI is InChI=1S/C20H25BrClFN4O4/c1-20(2,3)31-19(29)27-9-4-5-12(27)11(24-7-9)8-30-13-6-10(21)15(23)16-14(13)17(28)26-18(22)25-16/h6,9,11-12,17,24,28H,4-5,7-8H2,1-3H3,(H,25,26)/t9-,11+,12+,17?/m1/s1. The Bertz CT molecular complexity index is 925. The number of amides is 1. The van der Waals surface area contributed by atoms with E-state index in [1.165, 1.54) is 6.07 Å². The molecule has 0 saturated carbocycles. The maximum atomic E-state index is 14.5. The molecule has 31 heavy (non-hydrogen) atoms. The zero-order chi connectivity index (χ0) is 22.5. The van der Waals surface area contributed by atoms with E-state index < -0.39 is 17.6 Å². The number of hydrogen-bond donors (Lipinski definition) is 3. The van der Waals surface area contributed by atoms with Crippen molar-refractivity contribution >= 4 is 44.6 Å². The monoisotopic (exact) mass is 518 g/mol. The summed E-state index contributed by atoms with van der Waals surface area (Å²) in [7, 11) is 0. The molecule has 1 aromatic rings. The normalized spacial score (nSPS) is 27.3. The highest BCUT2D eigenvalue weighted by atomic mass is 79.9. The second kappa shape index (κ2) is 8.38. The Balaban J connectivity index is 1.52. The summed E-state index contributed by atoms with van der Waals surface area (Å²) in [5, 5.41) is 16.3. The number of hydrogen-bond acceptors (Lipinski definition) is 7. The number of aliphatic hydroxyl groups is 1. The summed E-state index contributed by atoms with van der Waals surface area (Å²) in [5.74, 6) is -0.318. The van der Waals surface area contributed by atoms with Crippen LogP contribution in [0.3, 0.4) is 0 Å². The highest BCUT2D eigenvalue weighted by molar-refractivity contribution is 9.10. The van der Waals surface area contributed by atoms with E-state index in [9.17, 15) is 14.3 Å². The van der Waals surface area contributed by atoms with Crippen LogP contribution in [-0.4, -0.2) is 58.3 Å². The molecule has 8 nitrogen and oxygen atoms in total. The van der Waals surface area contributed by atoms with Crippen molar-refractivity contribution in [1.82, 2.24) is 10.2 Å². The van der Waals surface area contributed by atoms with Gasteiger partial charge in [-0.05, 0) is 67.2 Å². The Morgan fingerprint density at radius 1 is 1.45 bits per heavy atom. The first-order valence-electron chi connectivity index (χ1n) is 10.1. The van der Waals surface area contributed by atoms with Crippen LogP contribution in [0.4, 0.5) is 14.9 Å². The van der Waals surface area contributed by atoms with Crippen LogP contribution in [0.5, 0.6) is 5.75 Å². The summed E-state index contributed by atoms with van der Waals surface area (Å²) in [4.78, 5) is 18.4. The van der Waals surface area contributed by atoms with Crippen LogP contribution in [0.2, 0.25) is 0 Å². The van der Waals surface area contributed by atoms with E-state index in [-0.39, 0.29) is 57.6 Å². The molecule has 1 aromatic carbocycles. The molecule has 2 bridgehead atoms. The number of nitrogens with one attached hydrogen (secondary N) is 2. The predicted octanol–water partition coefficient (Wildman–Crippen LogP) is 3.72. The van der Waals surface area contributed by atoms with Gasteiger partial charge >= 0.3 is 6.09 Å². The average molecular weight is 520 g/mol. The van der Waals surface area contributed by atoms with Gasteiger partial charge in [0.2, 0.25) is 0 Å². The lowest BCUT2D eigenvalue weighted by Gasteiger charge is -2.41. The molecule has 4 rings (SSSR count). The van der Waals surface area contributed by atoms with E-state index in [2.05, 4.69) is 31.6 Å². The van der Waals surface area contributed by atoms with Crippen LogP contribution in [0, 0.1) is 5.82 Å². The van der Waals surface area contributed by atoms with E-state index in [1.807, 2.05) is 25.7 Å². The zero-order valence-electron chi connectivity index (χ0n) is 17.4. The summed E-state index contributed by atoms with van der Waals surface area (Å²) in [6.07, 6.45) is 0.0489. The number of carbonyl (C=O) groups is 1. The molecular formula is C20H25BrClFN4O4. The van der Waals surface area contributed by atoms with Crippen LogP contribution in [-0.2, 0) is 4.74 Å². The third-order valence-electron chi connectivity index (χ3n) is 5.59. The number of aliphatic imine (C=N–C) groups is 1. The first-order valence-corrected chi connectivity index (χ1v) is 11.3. The minimum Gasteiger partial charge on any atom is -0.491 e. The van der Waals surface area contributed by atoms with Gasteiger partial charge in [0.05, 0.1) is 27.8 Å². The molecule has 0 radical (unpaired) electrons. The van der Waals surface area contributed by atoms with Crippen LogP contribution in [0.1, 0.15) is 45.4 Å². The van der Waals surface area contributed by atoms with Crippen molar-refractivity contribution in [2.75, 3.05) is 18.5 Å². The molecule has 3 aliphatic rings. The maximum Gasteiger partial charge on any atom is 0.410 e. The molecule has 0 spiro atoms. The number of ether oxygens (including phenoxy) is 2. The number of fused-ring (bicyclic) bond motifs is 3. The minimum absolute atomic E-state index is 0.0183. The SMILES string of the molecule is CC(C)(C)OC(=O)N1[C@@H]2CC[C@H]1[C@H](COc1cc(Br)c(F)c3c1C(O)N=C(Cl)N3)NC2. The second-order valence-electron chi connectivity index (χ2n) is 8.89. The fraction of sp³-hybridized carbons (Fsp3) is 0.600. The lowest BCUT2D eigenvalue weighted by molar-refractivity contribution is 0.00115. The first-order chi connectivity index (χ1) is 14.5. The van der Waals surface area contributed by atoms with Crippen LogP contribution < -0.4 is 15.4 Å². The number of benzene rings is 1. The van der Waals surface area contributed by atoms with Gasteiger partial charge in [0.1, 0.15) is 18.0 Å².